The van der Waals surface area contributed by atoms with E-state index in [2.05, 4.69) is 38.8 Å². The Labute approximate surface area is 141 Å². The summed E-state index contributed by atoms with van der Waals surface area (Å²) in [5.41, 5.74) is 1.53. The summed E-state index contributed by atoms with van der Waals surface area (Å²) in [5, 5.41) is 15.9. The van der Waals surface area contributed by atoms with Gasteiger partial charge in [-0.2, -0.15) is 5.10 Å². The third kappa shape index (κ3) is 2.61. The zero-order valence-electron chi connectivity index (χ0n) is 14.3. The van der Waals surface area contributed by atoms with E-state index in [9.17, 15) is 4.79 Å². The van der Waals surface area contributed by atoms with E-state index in [1.807, 2.05) is 11.0 Å². The molecule has 24 heavy (non-hydrogen) atoms. The monoisotopic (exact) mass is 328 g/mol. The number of fused-ring (bicyclic) bond motifs is 1. The van der Waals surface area contributed by atoms with Crippen molar-refractivity contribution in [3.63, 3.8) is 0 Å². The highest BCUT2D eigenvalue weighted by Gasteiger charge is 2.30. The normalized spacial score (nSPS) is 18.4. The van der Waals surface area contributed by atoms with Crippen molar-refractivity contribution in [3.05, 3.63) is 29.1 Å². The van der Waals surface area contributed by atoms with Crippen molar-refractivity contribution in [2.24, 2.45) is 0 Å². The molecule has 2 aliphatic rings. The molecule has 0 aromatic carbocycles. The lowest BCUT2D eigenvalue weighted by Gasteiger charge is -2.31. The lowest BCUT2D eigenvalue weighted by molar-refractivity contribution is 0.0704. The van der Waals surface area contributed by atoms with E-state index in [4.69, 9.17) is 0 Å². The van der Waals surface area contributed by atoms with Gasteiger partial charge in [0.1, 0.15) is 17.3 Å². The van der Waals surface area contributed by atoms with E-state index < -0.39 is 0 Å². The largest absolute Gasteiger partial charge is 0.337 e. The summed E-state index contributed by atoms with van der Waals surface area (Å²) < 4.78 is 2.28. The van der Waals surface area contributed by atoms with E-state index >= 15 is 0 Å². The summed E-state index contributed by atoms with van der Waals surface area (Å²) in [5.74, 6) is 3.04. The van der Waals surface area contributed by atoms with Gasteiger partial charge in [0.25, 0.3) is 5.91 Å². The van der Waals surface area contributed by atoms with Crippen LogP contribution in [-0.2, 0) is 13.0 Å². The van der Waals surface area contributed by atoms with Crippen LogP contribution >= 0.6 is 0 Å². The predicted octanol–water partition coefficient (Wildman–Crippen LogP) is 2.09. The second-order valence-electron chi connectivity index (χ2n) is 7.16. The summed E-state index contributed by atoms with van der Waals surface area (Å²) >= 11 is 0. The Morgan fingerprint density at radius 1 is 1.25 bits per heavy atom. The van der Waals surface area contributed by atoms with E-state index in [0.717, 1.165) is 56.2 Å². The fraction of sp³-hybridized carbons (Fsp3) is 0.647. The van der Waals surface area contributed by atoms with Crippen LogP contribution in [0.5, 0.6) is 0 Å². The molecule has 128 valence electrons. The number of aromatic nitrogens is 5. The quantitative estimate of drug-likeness (QED) is 0.935. The molecule has 1 fully saturated rings. The van der Waals surface area contributed by atoms with Gasteiger partial charge in [0, 0.05) is 37.7 Å². The van der Waals surface area contributed by atoms with Crippen molar-refractivity contribution >= 4 is 5.91 Å². The number of amides is 1. The van der Waals surface area contributed by atoms with Gasteiger partial charge < -0.3 is 9.47 Å². The molecule has 4 heterocycles. The highest BCUT2D eigenvalue weighted by molar-refractivity contribution is 5.92. The number of aryl methyl sites for hydroxylation is 1. The molecule has 0 atom stereocenters. The van der Waals surface area contributed by atoms with E-state index in [0.29, 0.717) is 17.5 Å². The third-order valence-corrected chi connectivity index (χ3v) is 5.22. The molecule has 0 radical (unpaired) electrons. The number of nitrogens with one attached hydrogen (secondary N) is 1. The van der Waals surface area contributed by atoms with E-state index in [1.54, 1.807) is 0 Å². The predicted molar refractivity (Wildman–Crippen MR) is 88.9 cm³/mol. The second-order valence-corrected chi connectivity index (χ2v) is 7.16. The summed E-state index contributed by atoms with van der Waals surface area (Å²) in [6, 6.07) is 1.88. The molecule has 1 saturated heterocycles. The maximum absolute atomic E-state index is 12.6. The van der Waals surface area contributed by atoms with Crippen LogP contribution < -0.4 is 0 Å². The lowest BCUT2D eigenvalue weighted by atomic mass is 9.95. The maximum Gasteiger partial charge on any atom is 0.274 e. The molecule has 7 heteroatoms. The highest BCUT2D eigenvalue weighted by Crippen LogP contribution is 2.29. The SMILES string of the molecule is CC(C)c1cc(C(=O)N2CCC(c3nnc4n3CCC4)CC2)n[nH]1. The maximum atomic E-state index is 12.6. The average Bonchev–Trinajstić information content (AvgIpc) is 3.30. The van der Waals surface area contributed by atoms with Crippen molar-refractivity contribution in [3.8, 4) is 0 Å². The molecule has 0 bridgehead atoms. The first-order chi connectivity index (χ1) is 11.6. The van der Waals surface area contributed by atoms with Gasteiger partial charge in [-0.15, -0.1) is 10.2 Å². The van der Waals surface area contributed by atoms with Crippen LogP contribution in [0.3, 0.4) is 0 Å². The lowest BCUT2D eigenvalue weighted by Crippen LogP contribution is -2.38. The van der Waals surface area contributed by atoms with E-state index in [-0.39, 0.29) is 5.91 Å². The first-order valence-corrected chi connectivity index (χ1v) is 8.90. The molecular weight excluding hydrogens is 304 g/mol. The van der Waals surface area contributed by atoms with Crippen LogP contribution in [0, 0.1) is 0 Å². The molecule has 2 aromatic heterocycles. The van der Waals surface area contributed by atoms with Crippen molar-refractivity contribution in [2.45, 2.75) is 57.9 Å². The first-order valence-electron chi connectivity index (χ1n) is 8.90. The summed E-state index contributed by atoms with van der Waals surface area (Å²) in [6.07, 6.45) is 4.12. The molecule has 7 nitrogen and oxygen atoms in total. The van der Waals surface area contributed by atoms with Gasteiger partial charge in [0.05, 0.1) is 0 Å². The number of nitrogens with zero attached hydrogens (tertiary/aromatic N) is 5. The van der Waals surface area contributed by atoms with Crippen LogP contribution in [0.25, 0.3) is 0 Å². The van der Waals surface area contributed by atoms with Crippen molar-refractivity contribution in [2.75, 3.05) is 13.1 Å². The number of aromatic amines is 1. The first kappa shape index (κ1) is 15.4. The number of piperidine rings is 1. The van der Waals surface area contributed by atoms with Gasteiger partial charge >= 0.3 is 0 Å². The third-order valence-electron chi connectivity index (χ3n) is 5.22. The summed E-state index contributed by atoms with van der Waals surface area (Å²) in [7, 11) is 0. The number of hydrogen-bond donors (Lipinski definition) is 1. The average molecular weight is 328 g/mol. The van der Waals surface area contributed by atoms with E-state index in [1.165, 1.54) is 6.42 Å². The van der Waals surface area contributed by atoms with Gasteiger partial charge in [-0.1, -0.05) is 13.8 Å². The van der Waals surface area contributed by atoms with Crippen molar-refractivity contribution in [1.82, 2.24) is 29.9 Å². The molecule has 0 unspecified atom stereocenters. The molecule has 1 amide bonds. The number of carbonyl (C=O) groups is 1. The van der Waals surface area contributed by atoms with Crippen LogP contribution in [0.15, 0.2) is 6.07 Å². The summed E-state index contributed by atoms with van der Waals surface area (Å²) in [4.78, 5) is 14.5. The van der Waals surface area contributed by atoms with Crippen molar-refractivity contribution in [1.29, 1.82) is 0 Å². The zero-order chi connectivity index (χ0) is 16.7. The van der Waals surface area contributed by atoms with Crippen LogP contribution in [0.4, 0.5) is 0 Å². The standard InChI is InChI=1S/C17H24N6O/c1-11(2)13-10-14(19-18-13)17(24)22-8-5-12(6-9-22)16-21-20-15-4-3-7-23(15)16/h10-12H,3-9H2,1-2H3,(H,18,19). The minimum Gasteiger partial charge on any atom is -0.337 e. The van der Waals surface area contributed by atoms with Gasteiger partial charge in [-0.05, 0) is 31.2 Å². The Kier molecular flexibility index (Phi) is 3.86. The van der Waals surface area contributed by atoms with Gasteiger partial charge in [-0.3, -0.25) is 9.89 Å². The number of rotatable bonds is 3. The number of hydrogen-bond acceptors (Lipinski definition) is 4. The minimum absolute atomic E-state index is 0.0306. The molecular formula is C17H24N6O. The van der Waals surface area contributed by atoms with Crippen LogP contribution in [0.1, 0.15) is 72.8 Å². The Morgan fingerprint density at radius 2 is 2.04 bits per heavy atom. The Morgan fingerprint density at radius 3 is 2.75 bits per heavy atom. The molecule has 0 saturated carbocycles. The van der Waals surface area contributed by atoms with Gasteiger partial charge in [0.15, 0.2) is 0 Å². The van der Waals surface area contributed by atoms with Crippen LogP contribution in [-0.4, -0.2) is 48.9 Å². The number of likely N-dealkylation sites (tertiary alicyclic amines) is 1. The molecule has 4 rings (SSSR count). The Balaban J connectivity index is 1.41. The van der Waals surface area contributed by atoms with Gasteiger partial charge in [0.2, 0.25) is 0 Å². The molecule has 1 N–H and O–H groups in total. The smallest absolute Gasteiger partial charge is 0.274 e. The molecule has 2 aromatic rings. The molecule has 2 aliphatic heterocycles. The minimum atomic E-state index is 0.0306. The van der Waals surface area contributed by atoms with Crippen molar-refractivity contribution < 1.29 is 4.79 Å². The van der Waals surface area contributed by atoms with Crippen LogP contribution in [0.2, 0.25) is 0 Å². The highest BCUT2D eigenvalue weighted by atomic mass is 16.2. The Bertz CT molecular complexity index is 738. The fourth-order valence-corrected chi connectivity index (χ4v) is 3.72. The topological polar surface area (TPSA) is 79.7 Å². The molecule has 0 aliphatic carbocycles. The Hall–Kier alpha value is -2.18. The van der Waals surface area contributed by atoms with Gasteiger partial charge in [-0.25, -0.2) is 0 Å². The second kappa shape index (κ2) is 6.03. The zero-order valence-corrected chi connectivity index (χ0v) is 14.3. The number of H-pyrrole nitrogens is 1. The summed E-state index contributed by atoms with van der Waals surface area (Å²) in [6.45, 7) is 6.74. The number of carbonyl (C=O) groups excluding carboxylic acids is 1. The fourth-order valence-electron chi connectivity index (χ4n) is 3.72. The molecule has 0 spiro atoms.